The number of hydrogen-bond donors (Lipinski definition) is 4. The molecule has 0 radical (unpaired) electrons. The minimum absolute atomic E-state index is 0.107. The van der Waals surface area contributed by atoms with Crippen LogP contribution in [-0.2, 0) is 19.1 Å². The van der Waals surface area contributed by atoms with Crippen LogP contribution in [-0.4, -0.2) is 53.2 Å². The maximum absolute atomic E-state index is 12.7. The molecular formula is C24H43N3O6. The molecule has 33 heavy (non-hydrogen) atoms. The molecule has 4 N–H and O–H groups in total. The highest BCUT2D eigenvalue weighted by molar-refractivity contribution is 5.86. The Morgan fingerprint density at radius 2 is 1.55 bits per heavy atom. The molecule has 0 bridgehead atoms. The Morgan fingerprint density at radius 1 is 0.970 bits per heavy atom. The van der Waals surface area contributed by atoms with Gasteiger partial charge in [0.1, 0.15) is 17.7 Å². The van der Waals surface area contributed by atoms with Gasteiger partial charge in [0.15, 0.2) is 0 Å². The monoisotopic (exact) mass is 469 g/mol. The van der Waals surface area contributed by atoms with Crippen molar-refractivity contribution in [3.8, 4) is 0 Å². The number of ether oxygens (including phenoxy) is 1. The molecule has 3 amide bonds. The first-order valence-corrected chi connectivity index (χ1v) is 12.1. The van der Waals surface area contributed by atoms with Gasteiger partial charge in [-0.2, -0.15) is 0 Å². The molecule has 190 valence electrons. The Bertz CT molecular complexity index is 680. The lowest BCUT2D eigenvalue weighted by atomic mass is 9.81. The van der Waals surface area contributed by atoms with Gasteiger partial charge in [0, 0.05) is 12.5 Å². The second-order valence-corrected chi connectivity index (χ2v) is 10.5. The highest BCUT2D eigenvalue weighted by Gasteiger charge is 2.32. The summed E-state index contributed by atoms with van der Waals surface area (Å²) in [4.78, 5) is 48.8. The number of amides is 3. The number of alkyl carbamates (subject to hydrolysis) is 1. The summed E-state index contributed by atoms with van der Waals surface area (Å²) in [6.45, 7) is 13.2. The van der Waals surface area contributed by atoms with Crippen molar-refractivity contribution in [2.75, 3.05) is 6.54 Å². The molecule has 1 aliphatic carbocycles. The van der Waals surface area contributed by atoms with Crippen LogP contribution < -0.4 is 16.0 Å². The summed E-state index contributed by atoms with van der Waals surface area (Å²) in [5.74, 6) is -1.68. The molecular weight excluding hydrogens is 426 g/mol. The van der Waals surface area contributed by atoms with E-state index in [0.717, 1.165) is 12.8 Å². The van der Waals surface area contributed by atoms with Crippen LogP contribution in [0.15, 0.2) is 0 Å². The van der Waals surface area contributed by atoms with E-state index in [1.807, 2.05) is 27.7 Å². The highest BCUT2D eigenvalue weighted by atomic mass is 16.6. The Hall–Kier alpha value is -2.32. The average molecular weight is 470 g/mol. The normalized spacial score (nSPS) is 21.5. The summed E-state index contributed by atoms with van der Waals surface area (Å²) < 4.78 is 5.26. The van der Waals surface area contributed by atoms with Crippen molar-refractivity contribution >= 4 is 23.9 Å². The van der Waals surface area contributed by atoms with Crippen molar-refractivity contribution in [3.63, 3.8) is 0 Å². The van der Waals surface area contributed by atoms with Crippen molar-refractivity contribution in [2.24, 2.45) is 23.7 Å². The van der Waals surface area contributed by atoms with E-state index in [1.165, 1.54) is 0 Å². The summed E-state index contributed by atoms with van der Waals surface area (Å²) in [6.07, 6.45) is 2.90. The number of carbonyl (C=O) groups excluding carboxylic acids is 3. The van der Waals surface area contributed by atoms with Crippen LogP contribution in [0.4, 0.5) is 4.79 Å². The van der Waals surface area contributed by atoms with Crippen LogP contribution in [0.3, 0.4) is 0 Å². The standard InChI is InChI=1S/C24H43N3O6/c1-8-15(4)19(22(30)31)26-20(28)17-11-9-16(10-12-17)13-25-21(29)18(14(2)3)27-23(32)33-24(5,6)7/h14-19H,8-13H2,1-7H3,(H,25,29)(H,26,28)(H,27,32)(H,30,31)/t15-,16?,17?,18-,19+/m1/s1. The topological polar surface area (TPSA) is 134 Å². The van der Waals surface area contributed by atoms with E-state index in [0.29, 0.717) is 25.8 Å². The number of rotatable bonds is 10. The zero-order valence-corrected chi connectivity index (χ0v) is 21.2. The van der Waals surface area contributed by atoms with Crippen molar-refractivity contribution in [2.45, 2.75) is 98.3 Å². The van der Waals surface area contributed by atoms with Gasteiger partial charge in [-0.3, -0.25) is 9.59 Å². The van der Waals surface area contributed by atoms with Crippen LogP contribution in [0, 0.1) is 23.7 Å². The minimum atomic E-state index is -1.01. The van der Waals surface area contributed by atoms with Crippen LogP contribution in [0.5, 0.6) is 0 Å². The number of nitrogens with one attached hydrogen (secondary N) is 3. The van der Waals surface area contributed by atoms with Crippen LogP contribution >= 0.6 is 0 Å². The van der Waals surface area contributed by atoms with Crippen LogP contribution in [0.1, 0.15) is 80.6 Å². The zero-order valence-electron chi connectivity index (χ0n) is 21.2. The van der Waals surface area contributed by atoms with Gasteiger partial charge in [-0.15, -0.1) is 0 Å². The summed E-state index contributed by atoms with van der Waals surface area (Å²) in [5, 5.41) is 17.7. The third-order valence-corrected chi connectivity index (χ3v) is 6.18. The van der Waals surface area contributed by atoms with Crippen molar-refractivity contribution in [1.29, 1.82) is 0 Å². The number of carboxylic acids is 1. The highest BCUT2D eigenvalue weighted by Crippen LogP contribution is 2.29. The van der Waals surface area contributed by atoms with E-state index in [4.69, 9.17) is 4.74 Å². The maximum Gasteiger partial charge on any atom is 0.408 e. The van der Waals surface area contributed by atoms with E-state index in [2.05, 4.69) is 16.0 Å². The molecule has 1 saturated carbocycles. The second kappa shape index (κ2) is 12.8. The number of carbonyl (C=O) groups is 4. The molecule has 9 heteroatoms. The maximum atomic E-state index is 12.7. The van der Waals surface area contributed by atoms with Gasteiger partial charge in [0.2, 0.25) is 11.8 Å². The third kappa shape index (κ3) is 10.0. The Morgan fingerprint density at radius 3 is 2.00 bits per heavy atom. The fourth-order valence-electron chi connectivity index (χ4n) is 3.91. The number of carboxylic acid groups (broad SMARTS) is 1. The molecule has 0 aromatic rings. The molecule has 1 rings (SSSR count). The first kappa shape index (κ1) is 28.7. The Kier molecular flexibility index (Phi) is 11.1. The Labute approximate surface area is 197 Å². The molecule has 1 aliphatic rings. The van der Waals surface area contributed by atoms with Gasteiger partial charge in [-0.05, 0) is 64.2 Å². The van der Waals surface area contributed by atoms with E-state index < -0.39 is 29.7 Å². The lowest BCUT2D eigenvalue weighted by molar-refractivity contribution is -0.144. The molecule has 3 atom stereocenters. The van der Waals surface area contributed by atoms with Gasteiger partial charge >= 0.3 is 12.1 Å². The molecule has 9 nitrogen and oxygen atoms in total. The van der Waals surface area contributed by atoms with Gasteiger partial charge < -0.3 is 25.8 Å². The second-order valence-electron chi connectivity index (χ2n) is 10.5. The molecule has 0 heterocycles. The number of hydrogen-bond acceptors (Lipinski definition) is 5. The molecule has 0 unspecified atom stereocenters. The molecule has 0 aromatic heterocycles. The molecule has 0 spiro atoms. The summed E-state index contributed by atoms with van der Waals surface area (Å²) >= 11 is 0. The molecule has 0 aromatic carbocycles. The fraction of sp³-hybridized carbons (Fsp3) is 0.833. The van der Waals surface area contributed by atoms with Crippen molar-refractivity contribution < 1.29 is 29.0 Å². The van der Waals surface area contributed by atoms with Gasteiger partial charge in [0.25, 0.3) is 0 Å². The van der Waals surface area contributed by atoms with Gasteiger partial charge in [0.05, 0.1) is 0 Å². The third-order valence-electron chi connectivity index (χ3n) is 6.18. The van der Waals surface area contributed by atoms with Crippen molar-refractivity contribution in [1.82, 2.24) is 16.0 Å². The molecule has 0 saturated heterocycles. The molecule has 0 aliphatic heterocycles. The predicted molar refractivity (Wildman–Crippen MR) is 125 cm³/mol. The summed E-state index contributed by atoms with van der Waals surface area (Å²) in [6, 6.07) is -1.57. The lowest BCUT2D eigenvalue weighted by Crippen LogP contribution is -2.51. The van der Waals surface area contributed by atoms with E-state index in [-0.39, 0.29) is 35.5 Å². The summed E-state index contributed by atoms with van der Waals surface area (Å²) in [5.41, 5.74) is -0.647. The van der Waals surface area contributed by atoms with E-state index >= 15 is 0 Å². The minimum Gasteiger partial charge on any atom is -0.480 e. The Balaban J connectivity index is 2.51. The predicted octanol–water partition coefficient (Wildman–Crippen LogP) is 3.07. The lowest BCUT2D eigenvalue weighted by Gasteiger charge is -2.30. The van der Waals surface area contributed by atoms with Crippen LogP contribution in [0.25, 0.3) is 0 Å². The van der Waals surface area contributed by atoms with Gasteiger partial charge in [-0.25, -0.2) is 9.59 Å². The quantitative estimate of drug-likeness (QED) is 0.388. The van der Waals surface area contributed by atoms with E-state index in [1.54, 1.807) is 20.8 Å². The van der Waals surface area contributed by atoms with Gasteiger partial charge in [-0.1, -0.05) is 34.1 Å². The first-order valence-electron chi connectivity index (χ1n) is 12.1. The largest absolute Gasteiger partial charge is 0.480 e. The van der Waals surface area contributed by atoms with Crippen LogP contribution in [0.2, 0.25) is 0 Å². The summed E-state index contributed by atoms with van der Waals surface area (Å²) in [7, 11) is 0. The smallest absolute Gasteiger partial charge is 0.408 e. The first-order chi connectivity index (χ1) is 15.2. The SMILES string of the molecule is CC[C@@H](C)[C@H](NC(=O)C1CCC(CNC(=O)[C@H](NC(=O)OC(C)(C)C)C(C)C)CC1)C(=O)O. The number of aliphatic carboxylic acids is 1. The fourth-order valence-corrected chi connectivity index (χ4v) is 3.91. The van der Waals surface area contributed by atoms with E-state index in [9.17, 15) is 24.3 Å². The average Bonchev–Trinajstić information content (AvgIpc) is 2.72. The van der Waals surface area contributed by atoms with Crippen molar-refractivity contribution in [3.05, 3.63) is 0 Å². The molecule has 1 fully saturated rings. The zero-order chi connectivity index (χ0) is 25.3.